The third kappa shape index (κ3) is 4.39. The van der Waals surface area contributed by atoms with Crippen molar-refractivity contribution in [2.24, 2.45) is 0 Å². The van der Waals surface area contributed by atoms with Crippen molar-refractivity contribution in [2.75, 3.05) is 20.8 Å². The lowest BCUT2D eigenvalue weighted by Gasteiger charge is -2.17. The fourth-order valence-electron chi connectivity index (χ4n) is 1.90. The molecule has 1 heterocycles. The SMILES string of the molecule is COc1cc(C)ccc1OCC(=O)N(C)Cc1ccc(Cl)s1. The Morgan fingerprint density at radius 1 is 1.27 bits per heavy atom. The fraction of sp³-hybridized carbons (Fsp3) is 0.312. The summed E-state index contributed by atoms with van der Waals surface area (Å²) < 4.78 is 11.5. The Morgan fingerprint density at radius 2 is 2.05 bits per heavy atom. The molecule has 0 aliphatic carbocycles. The summed E-state index contributed by atoms with van der Waals surface area (Å²) in [6.45, 7) is 2.46. The molecule has 2 rings (SSSR count). The topological polar surface area (TPSA) is 38.8 Å². The molecule has 1 aromatic heterocycles. The summed E-state index contributed by atoms with van der Waals surface area (Å²) in [6, 6.07) is 9.34. The summed E-state index contributed by atoms with van der Waals surface area (Å²) in [5.41, 5.74) is 1.07. The molecule has 4 nitrogen and oxygen atoms in total. The van der Waals surface area contributed by atoms with Crippen LogP contribution in [0.3, 0.4) is 0 Å². The molecule has 0 N–H and O–H groups in total. The number of benzene rings is 1. The second-order valence-electron chi connectivity index (χ2n) is 4.90. The zero-order chi connectivity index (χ0) is 16.1. The second kappa shape index (κ2) is 7.51. The standard InChI is InChI=1S/C16H18ClNO3S/c1-11-4-6-13(14(8-11)20-3)21-10-16(19)18(2)9-12-5-7-15(17)22-12/h4-8H,9-10H2,1-3H3. The largest absolute Gasteiger partial charge is 0.493 e. The van der Waals surface area contributed by atoms with Gasteiger partial charge in [0.05, 0.1) is 18.0 Å². The number of carbonyl (C=O) groups is 1. The van der Waals surface area contributed by atoms with Crippen LogP contribution < -0.4 is 9.47 Å². The molecule has 0 saturated carbocycles. The van der Waals surface area contributed by atoms with E-state index >= 15 is 0 Å². The summed E-state index contributed by atoms with van der Waals surface area (Å²) in [7, 11) is 3.32. The maximum absolute atomic E-state index is 12.1. The van der Waals surface area contributed by atoms with Gasteiger partial charge in [-0.15, -0.1) is 11.3 Å². The fourth-order valence-corrected chi connectivity index (χ4v) is 3.04. The van der Waals surface area contributed by atoms with Crippen LogP contribution in [-0.4, -0.2) is 31.6 Å². The number of rotatable bonds is 6. The molecule has 2 aromatic rings. The van der Waals surface area contributed by atoms with Gasteiger partial charge in [-0.1, -0.05) is 17.7 Å². The Morgan fingerprint density at radius 3 is 2.68 bits per heavy atom. The van der Waals surface area contributed by atoms with Crippen LogP contribution in [0.5, 0.6) is 11.5 Å². The maximum atomic E-state index is 12.1. The lowest BCUT2D eigenvalue weighted by Crippen LogP contribution is -2.30. The van der Waals surface area contributed by atoms with Crippen molar-refractivity contribution in [3.05, 3.63) is 45.1 Å². The number of methoxy groups -OCH3 is 1. The minimum atomic E-state index is -0.104. The van der Waals surface area contributed by atoms with Crippen molar-refractivity contribution >= 4 is 28.8 Å². The Kier molecular flexibility index (Phi) is 5.69. The number of carbonyl (C=O) groups excluding carboxylic acids is 1. The molecule has 22 heavy (non-hydrogen) atoms. The predicted octanol–water partition coefficient (Wildman–Crippen LogP) is 3.76. The normalized spacial score (nSPS) is 10.4. The third-order valence-electron chi connectivity index (χ3n) is 3.12. The zero-order valence-corrected chi connectivity index (χ0v) is 14.3. The van der Waals surface area contributed by atoms with E-state index in [1.165, 1.54) is 11.3 Å². The van der Waals surface area contributed by atoms with E-state index in [0.29, 0.717) is 18.0 Å². The van der Waals surface area contributed by atoms with Crippen molar-refractivity contribution in [1.82, 2.24) is 4.90 Å². The summed E-state index contributed by atoms with van der Waals surface area (Å²) in [4.78, 5) is 14.8. The highest BCUT2D eigenvalue weighted by Crippen LogP contribution is 2.28. The highest BCUT2D eigenvalue weighted by atomic mass is 35.5. The first-order valence-electron chi connectivity index (χ1n) is 6.75. The molecular weight excluding hydrogens is 322 g/mol. The van der Waals surface area contributed by atoms with Gasteiger partial charge in [0.25, 0.3) is 5.91 Å². The van der Waals surface area contributed by atoms with Crippen LogP contribution in [0.2, 0.25) is 4.34 Å². The molecule has 1 amide bonds. The van der Waals surface area contributed by atoms with E-state index < -0.39 is 0 Å². The smallest absolute Gasteiger partial charge is 0.260 e. The third-order valence-corrected chi connectivity index (χ3v) is 4.33. The molecular formula is C16H18ClNO3S. The van der Waals surface area contributed by atoms with Gasteiger partial charge in [-0.25, -0.2) is 0 Å². The van der Waals surface area contributed by atoms with Crippen molar-refractivity contribution in [2.45, 2.75) is 13.5 Å². The van der Waals surface area contributed by atoms with E-state index in [4.69, 9.17) is 21.1 Å². The van der Waals surface area contributed by atoms with Gasteiger partial charge in [0.2, 0.25) is 0 Å². The minimum Gasteiger partial charge on any atom is -0.493 e. The lowest BCUT2D eigenvalue weighted by atomic mass is 10.2. The maximum Gasteiger partial charge on any atom is 0.260 e. The second-order valence-corrected chi connectivity index (χ2v) is 6.70. The quantitative estimate of drug-likeness (QED) is 0.804. The van der Waals surface area contributed by atoms with E-state index in [1.807, 2.05) is 31.2 Å². The van der Waals surface area contributed by atoms with E-state index in [0.717, 1.165) is 14.8 Å². The number of aryl methyl sites for hydroxylation is 1. The molecule has 0 saturated heterocycles. The first-order valence-corrected chi connectivity index (χ1v) is 7.94. The molecule has 0 atom stereocenters. The number of ether oxygens (including phenoxy) is 2. The summed E-state index contributed by atoms with van der Waals surface area (Å²) in [5, 5.41) is 0. The molecule has 0 bridgehead atoms. The van der Waals surface area contributed by atoms with Gasteiger partial charge in [0.15, 0.2) is 18.1 Å². The molecule has 6 heteroatoms. The molecule has 118 valence electrons. The van der Waals surface area contributed by atoms with E-state index in [9.17, 15) is 4.79 Å². The molecule has 0 fully saturated rings. The van der Waals surface area contributed by atoms with Gasteiger partial charge < -0.3 is 14.4 Å². The van der Waals surface area contributed by atoms with Crippen LogP contribution in [-0.2, 0) is 11.3 Å². The Balaban J connectivity index is 1.92. The van der Waals surface area contributed by atoms with E-state index in [1.54, 1.807) is 25.1 Å². The Labute approximate surface area is 139 Å². The van der Waals surface area contributed by atoms with Crippen LogP contribution in [0.1, 0.15) is 10.4 Å². The van der Waals surface area contributed by atoms with Crippen LogP contribution in [0.4, 0.5) is 0 Å². The molecule has 0 unspecified atom stereocenters. The van der Waals surface area contributed by atoms with Crippen molar-refractivity contribution in [3.63, 3.8) is 0 Å². The lowest BCUT2D eigenvalue weighted by molar-refractivity contribution is -0.132. The number of nitrogens with zero attached hydrogens (tertiary/aromatic N) is 1. The number of thiophene rings is 1. The molecule has 1 aromatic carbocycles. The molecule has 0 aliphatic rings. The number of likely N-dealkylation sites (N-methyl/N-ethyl adjacent to an activating group) is 1. The molecule has 0 aliphatic heterocycles. The van der Waals surface area contributed by atoms with Crippen molar-refractivity contribution in [3.8, 4) is 11.5 Å². The van der Waals surface area contributed by atoms with E-state index in [2.05, 4.69) is 0 Å². The highest BCUT2D eigenvalue weighted by molar-refractivity contribution is 7.16. The first kappa shape index (κ1) is 16.6. The first-order chi connectivity index (χ1) is 10.5. The monoisotopic (exact) mass is 339 g/mol. The summed E-state index contributed by atoms with van der Waals surface area (Å²) in [6.07, 6.45) is 0. The summed E-state index contributed by atoms with van der Waals surface area (Å²) >= 11 is 7.35. The Bertz CT molecular complexity index is 657. The number of halogens is 1. The summed E-state index contributed by atoms with van der Waals surface area (Å²) in [5.74, 6) is 1.08. The van der Waals surface area contributed by atoms with Crippen LogP contribution in [0.25, 0.3) is 0 Å². The van der Waals surface area contributed by atoms with Crippen LogP contribution in [0, 0.1) is 6.92 Å². The van der Waals surface area contributed by atoms with Gasteiger partial charge in [-0.2, -0.15) is 0 Å². The average molecular weight is 340 g/mol. The Hall–Kier alpha value is -1.72. The molecule has 0 radical (unpaired) electrons. The van der Waals surface area contributed by atoms with E-state index in [-0.39, 0.29) is 12.5 Å². The predicted molar refractivity (Wildman–Crippen MR) is 89.0 cm³/mol. The number of hydrogen-bond acceptors (Lipinski definition) is 4. The zero-order valence-electron chi connectivity index (χ0n) is 12.8. The molecule has 0 spiro atoms. The number of hydrogen-bond donors (Lipinski definition) is 0. The van der Waals surface area contributed by atoms with Crippen molar-refractivity contribution < 1.29 is 14.3 Å². The van der Waals surface area contributed by atoms with Gasteiger partial charge >= 0.3 is 0 Å². The average Bonchev–Trinajstić information content (AvgIpc) is 2.90. The number of amides is 1. The van der Waals surface area contributed by atoms with Gasteiger partial charge in [0.1, 0.15) is 0 Å². The minimum absolute atomic E-state index is 0.0327. The van der Waals surface area contributed by atoms with Crippen LogP contribution >= 0.6 is 22.9 Å². The van der Waals surface area contributed by atoms with Gasteiger partial charge in [-0.05, 0) is 36.8 Å². The highest BCUT2D eigenvalue weighted by Gasteiger charge is 2.13. The van der Waals surface area contributed by atoms with Crippen molar-refractivity contribution in [1.29, 1.82) is 0 Å². The van der Waals surface area contributed by atoms with Crippen LogP contribution in [0.15, 0.2) is 30.3 Å². The van der Waals surface area contributed by atoms with Gasteiger partial charge in [0, 0.05) is 11.9 Å². The van der Waals surface area contributed by atoms with Gasteiger partial charge in [-0.3, -0.25) is 4.79 Å².